The van der Waals surface area contributed by atoms with Crippen molar-refractivity contribution in [1.82, 2.24) is 5.32 Å². The maximum absolute atomic E-state index is 9.81. The van der Waals surface area contributed by atoms with Gasteiger partial charge < -0.3 is 15.2 Å². The van der Waals surface area contributed by atoms with E-state index < -0.39 is 0 Å². The molecule has 0 spiro atoms. The minimum Gasteiger partial charge on any atom is -0.468 e. The average molecular weight is 175 g/mol. The van der Waals surface area contributed by atoms with Crippen molar-refractivity contribution in [2.75, 3.05) is 26.8 Å². The lowest BCUT2D eigenvalue weighted by Crippen LogP contribution is -2.29. The predicted molar refractivity (Wildman–Crippen MR) is 45.8 cm³/mol. The Bertz CT molecular complexity index is 102. The molecule has 0 bridgehead atoms. The van der Waals surface area contributed by atoms with Crippen molar-refractivity contribution in [3.05, 3.63) is 0 Å². The largest absolute Gasteiger partial charge is 0.468 e. The predicted octanol–water partition coefficient (Wildman–Crippen LogP) is -0.233. The van der Waals surface area contributed by atoms with Crippen LogP contribution in [0.5, 0.6) is 0 Å². The molecular formula is C8H17NO3. The second-order valence-electron chi connectivity index (χ2n) is 2.62. The number of hydrogen-bond acceptors (Lipinski definition) is 4. The van der Waals surface area contributed by atoms with Gasteiger partial charge in [-0.15, -0.1) is 0 Å². The molecule has 0 atom stereocenters. The van der Waals surface area contributed by atoms with E-state index in [2.05, 4.69) is 10.1 Å². The van der Waals surface area contributed by atoms with Crippen LogP contribution in [0.1, 0.15) is 12.8 Å². The van der Waals surface area contributed by atoms with Crippen molar-refractivity contribution in [3.63, 3.8) is 0 Å². The fourth-order valence-corrected chi connectivity index (χ4v) is 1.22. The first-order chi connectivity index (χ1) is 5.93. The Morgan fingerprint density at radius 3 is 2.58 bits per heavy atom. The second kappa shape index (κ2) is 8.49. The van der Waals surface area contributed by atoms with Crippen LogP contribution in [0.15, 0.2) is 0 Å². The molecule has 0 unspecified atom stereocenters. The maximum atomic E-state index is 9.81. The summed E-state index contributed by atoms with van der Waals surface area (Å²) in [5.41, 5.74) is 0. The van der Waals surface area contributed by atoms with Gasteiger partial charge in [-0.25, -0.2) is 0 Å². The molecule has 1 saturated heterocycles. The quantitative estimate of drug-likeness (QED) is 0.582. The number of rotatable bonds is 3. The summed E-state index contributed by atoms with van der Waals surface area (Å²) in [6.07, 6.45) is 2.27. The zero-order chi connectivity index (χ0) is 9.23. The summed E-state index contributed by atoms with van der Waals surface area (Å²) >= 11 is 0. The fraction of sp³-hybridized carbons (Fsp3) is 0.875. The van der Waals surface area contributed by atoms with Gasteiger partial charge in [-0.2, -0.15) is 0 Å². The third-order valence-corrected chi connectivity index (χ3v) is 1.86. The molecule has 12 heavy (non-hydrogen) atoms. The van der Waals surface area contributed by atoms with Gasteiger partial charge in [0.25, 0.3) is 6.47 Å². The van der Waals surface area contributed by atoms with Gasteiger partial charge in [0.15, 0.2) is 0 Å². The first-order valence-electron chi connectivity index (χ1n) is 4.14. The Balaban J connectivity index is 0.000000561. The van der Waals surface area contributed by atoms with E-state index in [4.69, 9.17) is 5.11 Å². The highest BCUT2D eigenvalue weighted by Gasteiger charge is 2.12. The van der Waals surface area contributed by atoms with E-state index >= 15 is 0 Å². The number of aliphatic hydroxyl groups excluding tert-OH is 1. The molecule has 1 rings (SSSR count). The van der Waals surface area contributed by atoms with Gasteiger partial charge in [0.2, 0.25) is 0 Å². The molecule has 0 aromatic carbocycles. The lowest BCUT2D eigenvalue weighted by atomic mass is 10.00. The minimum atomic E-state index is 0.530. The van der Waals surface area contributed by atoms with Gasteiger partial charge in [0.1, 0.15) is 0 Å². The summed E-state index contributed by atoms with van der Waals surface area (Å²) in [5, 5.41) is 10.2. The summed E-state index contributed by atoms with van der Waals surface area (Å²) in [6.45, 7) is 3.26. The van der Waals surface area contributed by atoms with E-state index in [9.17, 15) is 4.79 Å². The highest BCUT2D eigenvalue weighted by atomic mass is 16.5. The Kier molecular flexibility index (Phi) is 8.05. The highest BCUT2D eigenvalue weighted by Crippen LogP contribution is 2.10. The lowest BCUT2D eigenvalue weighted by Gasteiger charge is -2.20. The zero-order valence-corrected chi connectivity index (χ0v) is 7.45. The topological polar surface area (TPSA) is 58.6 Å². The van der Waals surface area contributed by atoms with Crippen LogP contribution in [0.3, 0.4) is 0 Å². The summed E-state index contributed by atoms with van der Waals surface area (Å²) in [5.74, 6) is 0.589. The van der Waals surface area contributed by atoms with Gasteiger partial charge in [0.05, 0.1) is 6.61 Å². The highest BCUT2D eigenvalue weighted by molar-refractivity contribution is 5.36. The van der Waals surface area contributed by atoms with Crippen molar-refractivity contribution >= 4 is 6.47 Å². The third-order valence-electron chi connectivity index (χ3n) is 1.86. The molecule has 1 aliphatic rings. The SMILES string of the molecule is CO.O=COCC1CCNCC1. The number of hydrogen-bond donors (Lipinski definition) is 2. The van der Waals surface area contributed by atoms with Crippen LogP contribution in [0, 0.1) is 5.92 Å². The molecule has 0 amide bonds. The van der Waals surface area contributed by atoms with Gasteiger partial charge in [-0.3, -0.25) is 4.79 Å². The maximum Gasteiger partial charge on any atom is 0.293 e. The summed E-state index contributed by atoms with van der Waals surface area (Å²) in [4.78, 5) is 9.81. The lowest BCUT2D eigenvalue weighted by molar-refractivity contribution is -0.130. The normalized spacial score (nSPS) is 17.5. The average Bonchev–Trinajstić information content (AvgIpc) is 2.19. The first kappa shape index (κ1) is 11.4. The van der Waals surface area contributed by atoms with Gasteiger partial charge in [0, 0.05) is 7.11 Å². The van der Waals surface area contributed by atoms with Crippen LogP contribution in [-0.2, 0) is 9.53 Å². The number of aliphatic hydroxyl groups is 1. The number of piperidine rings is 1. The van der Waals surface area contributed by atoms with E-state index in [1.54, 1.807) is 0 Å². The summed E-state index contributed by atoms with van der Waals surface area (Å²) < 4.78 is 4.66. The van der Waals surface area contributed by atoms with Crippen LogP contribution in [0.4, 0.5) is 0 Å². The van der Waals surface area contributed by atoms with E-state index in [1.807, 2.05) is 0 Å². The standard InChI is InChI=1S/C7H13NO2.CH4O/c9-6-10-5-7-1-3-8-4-2-7;1-2/h6-8H,1-5H2;2H,1H3. The van der Waals surface area contributed by atoms with Crippen LogP contribution in [0.25, 0.3) is 0 Å². The van der Waals surface area contributed by atoms with Crippen LogP contribution in [-0.4, -0.2) is 38.4 Å². The van der Waals surface area contributed by atoms with Gasteiger partial charge >= 0.3 is 0 Å². The molecule has 0 aromatic rings. The van der Waals surface area contributed by atoms with Crippen molar-refractivity contribution in [2.45, 2.75) is 12.8 Å². The van der Waals surface area contributed by atoms with Crippen LogP contribution >= 0.6 is 0 Å². The number of carbonyl (C=O) groups excluding carboxylic acids is 1. The van der Waals surface area contributed by atoms with E-state index in [-0.39, 0.29) is 0 Å². The Morgan fingerprint density at radius 1 is 1.50 bits per heavy atom. The second-order valence-corrected chi connectivity index (χ2v) is 2.62. The Hall–Kier alpha value is -0.610. The van der Waals surface area contributed by atoms with E-state index in [0.717, 1.165) is 33.0 Å². The van der Waals surface area contributed by atoms with Crippen LogP contribution < -0.4 is 5.32 Å². The molecule has 1 aliphatic heterocycles. The molecule has 0 radical (unpaired) electrons. The van der Waals surface area contributed by atoms with Crippen molar-refractivity contribution in [1.29, 1.82) is 0 Å². The van der Waals surface area contributed by atoms with E-state index in [0.29, 0.717) is 19.0 Å². The smallest absolute Gasteiger partial charge is 0.293 e. The Labute approximate surface area is 72.9 Å². The molecule has 72 valence electrons. The number of nitrogens with one attached hydrogen (secondary N) is 1. The molecular weight excluding hydrogens is 158 g/mol. The van der Waals surface area contributed by atoms with Crippen molar-refractivity contribution in [3.8, 4) is 0 Å². The van der Waals surface area contributed by atoms with Crippen molar-refractivity contribution < 1.29 is 14.6 Å². The van der Waals surface area contributed by atoms with Crippen molar-refractivity contribution in [2.24, 2.45) is 5.92 Å². The van der Waals surface area contributed by atoms with Gasteiger partial charge in [-0.05, 0) is 31.8 Å². The summed E-state index contributed by atoms with van der Waals surface area (Å²) in [6, 6.07) is 0. The molecule has 0 saturated carbocycles. The monoisotopic (exact) mass is 175 g/mol. The zero-order valence-electron chi connectivity index (χ0n) is 7.45. The Morgan fingerprint density at radius 2 is 2.08 bits per heavy atom. The molecule has 1 fully saturated rings. The molecule has 0 aromatic heterocycles. The fourth-order valence-electron chi connectivity index (χ4n) is 1.22. The summed E-state index contributed by atoms with van der Waals surface area (Å²) in [7, 11) is 1.00. The molecule has 4 nitrogen and oxygen atoms in total. The first-order valence-corrected chi connectivity index (χ1v) is 4.14. The molecule has 4 heteroatoms. The van der Waals surface area contributed by atoms with Crippen LogP contribution in [0.2, 0.25) is 0 Å². The van der Waals surface area contributed by atoms with Gasteiger partial charge in [-0.1, -0.05) is 0 Å². The molecule has 1 heterocycles. The number of ether oxygens (including phenoxy) is 1. The number of carbonyl (C=O) groups is 1. The molecule has 0 aliphatic carbocycles. The van der Waals surface area contributed by atoms with E-state index in [1.165, 1.54) is 0 Å². The third kappa shape index (κ3) is 5.09. The molecule has 2 N–H and O–H groups in total. The minimum absolute atomic E-state index is 0.530.